The number of rotatable bonds is 5. The van der Waals surface area contributed by atoms with Crippen molar-refractivity contribution in [3.63, 3.8) is 0 Å². The molecule has 0 aromatic carbocycles. The summed E-state index contributed by atoms with van der Waals surface area (Å²) in [7, 11) is 1.97. The molecular weight excluding hydrogens is 340 g/mol. The maximum absolute atomic E-state index is 12.3. The van der Waals surface area contributed by atoms with Gasteiger partial charge in [-0.25, -0.2) is 4.57 Å². The number of fused-ring (bicyclic) bond motifs is 1. The van der Waals surface area contributed by atoms with E-state index in [-0.39, 0.29) is 23.6 Å². The van der Waals surface area contributed by atoms with Gasteiger partial charge in [-0.1, -0.05) is 6.92 Å². The number of aryl methyl sites for hydroxylation is 2. The zero-order chi connectivity index (χ0) is 18.5. The Morgan fingerprint density at radius 3 is 2.76 bits per heavy atom. The van der Waals surface area contributed by atoms with Crippen molar-refractivity contribution in [2.75, 3.05) is 0 Å². The third-order valence-electron chi connectivity index (χ3n) is 5.16. The number of hydrogen-bond donors (Lipinski definition) is 1. The number of amides is 1. The van der Waals surface area contributed by atoms with Crippen molar-refractivity contribution in [2.24, 2.45) is 18.9 Å². The molecule has 3 heterocycles. The van der Waals surface area contributed by atoms with Crippen molar-refractivity contribution in [2.45, 2.75) is 38.7 Å². The summed E-state index contributed by atoms with van der Waals surface area (Å²) >= 11 is 1.43. The van der Waals surface area contributed by atoms with E-state index in [0.29, 0.717) is 10.7 Å². The van der Waals surface area contributed by atoms with Gasteiger partial charge in [0.15, 0.2) is 11.9 Å². The average molecular weight is 362 g/mol. The van der Waals surface area contributed by atoms with Crippen LogP contribution in [0.3, 0.4) is 0 Å². The number of pyridine rings is 1. The minimum atomic E-state index is -1.33. The van der Waals surface area contributed by atoms with Gasteiger partial charge in [0.25, 0.3) is 0 Å². The van der Waals surface area contributed by atoms with Crippen molar-refractivity contribution in [1.82, 2.24) is 4.90 Å². The second-order valence-corrected chi connectivity index (χ2v) is 7.85. The normalized spacial score (nSPS) is 26.5. The molecule has 0 spiro atoms. The number of carboxylic acids is 1. The van der Waals surface area contributed by atoms with Crippen LogP contribution in [-0.2, 0) is 22.4 Å². The van der Waals surface area contributed by atoms with Crippen LogP contribution in [-0.4, -0.2) is 34.0 Å². The van der Waals surface area contributed by atoms with Crippen LogP contribution in [0.5, 0.6) is 0 Å². The predicted molar refractivity (Wildman–Crippen MR) is 90.7 cm³/mol. The van der Waals surface area contributed by atoms with E-state index in [1.54, 1.807) is 6.92 Å². The predicted octanol–water partition coefficient (Wildman–Crippen LogP) is -0.128. The van der Waals surface area contributed by atoms with Gasteiger partial charge in [0.05, 0.1) is 29.7 Å². The Kier molecular flexibility index (Phi) is 4.64. The summed E-state index contributed by atoms with van der Waals surface area (Å²) in [6, 6.07) is 3.76. The van der Waals surface area contributed by atoms with Gasteiger partial charge in [-0.3, -0.25) is 4.79 Å². The molecule has 1 fully saturated rings. The molecule has 25 heavy (non-hydrogen) atoms. The smallest absolute Gasteiger partial charge is 0.235 e. The van der Waals surface area contributed by atoms with Crippen LogP contribution in [0, 0.1) is 18.8 Å². The lowest BCUT2D eigenvalue weighted by Gasteiger charge is -2.47. The van der Waals surface area contributed by atoms with Crippen molar-refractivity contribution >= 4 is 23.6 Å². The summed E-state index contributed by atoms with van der Waals surface area (Å²) in [5.41, 5.74) is 2.17. The maximum Gasteiger partial charge on any atom is 0.235 e. The van der Waals surface area contributed by atoms with Gasteiger partial charge < -0.3 is 19.9 Å². The molecule has 2 aliphatic heterocycles. The number of aliphatic carboxylic acids is 1. The first-order chi connectivity index (χ1) is 11.7. The molecule has 0 aliphatic carbocycles. The van der Waals surface area contributed by atoms with E-state index in [4.69, 9.17) is 0 Å². The number of β-lactam (4-membered cyclic amide) rings is 1. The molecule has 7 heteroatoms. The van der Waals surface area contributed by atoms with Crippen LogP contribution in [0.1, 0.15) is 25.1 Å². The maximum atomic E-state index is 12.3. The summed E-state index contributed by atoms with van der Waals surface area (Å²) in [6.07, 6.45) is 1.18. The second kappa shape index (κ2) is 6.46. The van der Waals surface area contributed by atoms with Gasteiger partial charge in [0.1, 0.15) is 7.05 Å². The van der Waals surface area contributed by atoms with E-state index in [9.17, 15) is 19.8 Å². The van der Waals surface area contributed by atoms with Crippen LogP contribution in [0.25, 0.3) is 0 Å². The van der Waals surface area contributed by atoms with Gasteiger partial charge in [-0.05, 0) is 12.5 Å². The molecule has 3 rings (SSSR count). The highest BCUT2D eigenvalue weighted by Crippen LogP contribution is 2.50. The molecule has 0 saturated carbocycles. The molecule has 2 aliphatic rings. The lowest BCUT2D eigenvalue weighted by Crippen LogP contribution is -2.64. The van der Waals surface area contributed by atoms with E-state index in [0.717, 1.165) is 11.3 Å². The molecule has 0 bridgehead atoms. The highest BCUT2D eigenvalue weighted by molar-refractivity contribution is 8.02. The van der Waals surface area contributed by atoms with Crippen LogP contribution in [0.4, 0.5) is 0 Å². The first kappa shape index (κ1) is 17.9. The summed E-state index contributed by atoms with van der Waals surface area (Å²) in [5.74, 6) is -1.71. The molecule has 1 aromatic rings. The zero-order valence-electron chi connectivity index (χ0n) is 14.7. The van der Waals surface area contributed by atoms with Crippen LogP contribution >= 0.6 is 11.8 Å². The Labute approximate surface area is 151 Å². The Hall–Kier alpha value is -1.86. The standard InChI is InChI=1S/C18H22N2O4S/c1-9-7-12(5-6-19(9)4)8-25-16-10(2)14-13(11(3)21)17(22)20(14)15(16)18(23)24/h5-7,10-11,13-14,21H,8H2,1-4H3/t10-,11-,13-,14+/m1/s1. The Morgan fingerprint density at radius 1 is 1.52 bits per heavy atom. The highest BCUT2D eigenvalue weighted by Gasteiger charge is 2.58. The first-order valence-electron chi connectivity index (χ1n) is 8.28. The largest absolute Gasteiger partial charge is 0.543 e. The Balaban J connectivity index is 1.85. The molecule has 134 valence electrons. The first-order valence-corrected chi connectivity index (χ1v) is 9.27. The third kappa shape index (κ3) is 2.85. The van der Waals surface area contributed by atoms with Crippen molar-refractivity contribution in [3.8, 4) is 0 Å². The number of aromatic nitrogens is 1. The number of aliphatic hydroxyl groups excluding tert-OH is 1. The van der Waals surface area contributed by atoms with E-state index < -0.39 is 18.0 Å². The lowest BCUT2D eigenvalue weighted by atomic mass is 9.79. The van der Waals surface area contributed by atoms with Gasteiger partial charge >= 0.3 is 0 Å². The number of hydrogen-bond acceptors (Lipinski definition) is 5. The van der Waals surface area contributed by atoms with E-state index in [1.165, 1.54) is 16.7 Å². The minimum Gasteiger partial charge on any atom is -0.543 e. The fourth-order valence-electron chi connectivity index (χ4n) is 3.70. The minimum absolute atomic E-state index is 0.0254. The van der Waals surface area contributed by atoms with Crippen molar-refractivity contribution < 1.29 is 24.4 Å². The Morgan fingerprint density at radius 2 is 2.20 bits per heavy atom. The number of carbonyl (C=O) groups is 2. The van der Waals surface area contributed by atoms with Crippen LogP contribution in [0.15, 0.2) is 28.9 Å². The SMILES string of the molecule is Cc1cc(CSC2=C(C(=O)[O-])N3C(=O)[C@H]([C@@H](C)O)[C@@H]3[C@H]2C)cc[n+]1C. The number of carboxylic acid groups (broad SMARTS) is 1. The zero-order valence-corrected chi connectivity index (χ0v) is 15.5. The van der Waals surface area contributed by atoms with E-state index in [1.807, 2.05) is 37.7 Å². The number of thioether (sulfide) groups is 1. The second-order valence-electron chi connectivity index (χ2n) is 6.83. The number of nitrogens with zero attached hydrogens (tertiary/aromatic N) is 2. The number of aliphatic hydroxyl groups is 1. The van der Waals surface area contributed by atoms with Gasteiger partial charge in [-0.2, -0.15) is 0 Å². The molecule has 0 radical (unpaired) electrons. The summed E-state index contributed by atoms with van der Waals surface area (Å²) < 4.78 is 2.01. The van der Waals surface area contributed by atoms with Crippen LogP contribution in [0.2, 0.25) is 0 Å². The monoisotopic (exact) mass is 362 g/mol. The van der Waals surface area contributed by atoms with Gasteiger partial charge in [0, 0.05) is 35.6 Å². The van der Waals surface area contributed by atoms with Crippen molar-refractivity contribution in [1.29, 1.82) is 0 Å². The molecule has 4 atom stereocenters. The summed E-state index contributed by atoms with van der Waals surface area (Å²) in [6.45, 7) is 5.49. The fraction of sp³-hybridized carbons (Fsp3) is 0.500. The molecule has 1 amide bonds. The lowest BCUT2D eigenvalue weighted by molar-refractivity contribution is -0.677. The third-order valence-corrected chi connectivity index (χ3v) is 6.51. The molecule has 6 nitrogen and oxygen atoms in total. The van der Waals surface area contributed by atoms with Crippen LogP contribution < -0.4 is 9.67 Å². The van der Waals surface area contributed by atoms with Gasteiger partial charge in [-0.15, -0.1) is 11.8 Å². The molecule has 0 unspecified atom stereocenters. The summed E-state index contributed by atoms with van der Waals surface area (Å²) in [5, 5.41) is 21.5. The topological polar surface area (TPSA) is 84.5 Å². The fourth-order valence-corrected chi connectivity index (χ4v) is 4.92. The molecule has 1 aromatic heterocycles. The Bertz CT molecular complexity index is 774. The molecular formula is C18H22N2O4S. The summed E-state index contributed by atoms with van der Waals surface area (Å²) in [4.78, 5) is 25.9. The molecule has 1 N–H and O–H groups in total. The molecule has 1 saturated heterocycles. The van der Waals surface area contributed by atoms with Crippen molar-refractivity contribution in [3.05, 3.63) is 40.2 Å². The van der Waals surface area contributed by atoms with E-state index >= 15 is 0 Å². The number of carbonyl (C=O) groups excluding carboxylic acids is 2. The average Bonchev–Trinajstić information content (AvgIpc) is 2.77. The highest BCUT2D eigenvalue weighted by atomic mass is 32.2. The quantitative estimate of drug-likeness (QED) is 0.583. The van der Waals surface area contributed by atoms with E-state index in [2.05, 4.69) is 6.07 Å². The van der Waals surface area contributed by atoms with Gasteiger partial charge in [0.2, 0.25) is 5.91 Å².